The number of piperidine rings is 1. The van der Waals surface area contributed by atoms with Gasteiger partial charge in [0.15, 0.2) is 5.82 Å². The van der Waals surface area contributed by atoms with Crippen LogP contribution >= 0.6 is 0 Å². The Morgan fingerprint density at radius 3 is 2.48 bits per heavy atom. The van der Waals surface area contributed by atoms with Crippen molar-refractivity contribution in [1.82, 2.24) is 14.4 Å². The van der Waals surface area contributed by atoms with Crippen LogP contribution in [0.4, 0.5) is 0 Å². The van der Waals surface area contributed by atoms with E-state index in [2.05, 4.69) is 10.1 Å². The summed E-state index contributed by atoms with van der Waals surface area (Å²) in [6, 6.07) is 6.80. The molecule has 0 spiro atoms. The van der Waals surface area contributed by atoms with Crippen LogP contribution < -0.4 is 5.73 Å². The molecule has 2 heterocycles. The Morgan fingerprint density at radius 1 is 1.08 bits per heavy atom. The van der Waals surface area contributed by atoms with Crippen molar-refractivity contribution in [2.45, 2.75) is 49.0 Å². The Bertz CT molecular complexity index is 868. The fourth-order valence-electron chi connectivity index (χ4n) is 3.43. The Balaban J connectivity index is 1.72. The van der Waals surface area contributed by atoms with E-state index < -0.39 is 15.6 Å². The second-order valence-corrected chi connectivity index (χ2v) is 8.80. The second kappa shape index (κ2) is 6.19. The largest absolute Gasteiger partial charge is 0.334 e. The predicted molar refractivity (Wildman–Crippen MR) is 92.1 cm³/mol. The van der Waals surface area contributed by atoms with Gasteiger partial charge in [-0.15, -0.1) is 0 Å². The van der Waals surface area contributed by atoms with Crippen LogP contribution in [-0.2, 0) is 15.6 Å². The average Bonchev–Trinajstić information content (AvgIpc) is 3.11. The summed E-state index contributed by atoms with van der Waals surface area (Å²) in [5.74, 6) is 0.668. The predicted octanol–water partition coefficient (Wildman–Crippen LogP) is 2.25. The van der Waals surface area contributed by atoms with Crippen LogP contribution in [0, 0.1) is 0 Å². The lowest BCUT2D eigenvalue weighted by Gasteiger charge is -2.34. The molecule has 2 fully saturated rings. The number of rotatable bonds is 4. The summed E-state index contributed by atoms with van der Waals surface area (Å²) in [6.45, 7) is 1.11. The average molecular weight is 362 g/mol. The summed E-state index contributed by atoms with van der Waals surface area (Å²) in [4.78, 5) is 4.62. The van der Waals surface area contributed by atoms with Gasteiger partial charge in [0.2, 0.25) is 10.0 Å². The van der Waals surface area contributed by atoms with Crippen molar-refractivity contribution >= 4 is 10.0 Å². The van der Waals surface area contributed by atoms with E-state index in [4.69, 9.17) is 10.3 Å². The zero-order chi connectivity index (χ0) is 17.5. The van der Waals surface area contributed by atoms with E-state index in [1.807, 2.05) is 0 Å². The van der Waals surface area contributed by atoms with E-state index >= 15 is 0 Å². The third-order valence-corrected chi connectivity index (χ3v) is 7.12. The monoisotopic (exact) mass is 362 g/mol. The molecule has 7 nitrogen and oxygen atoms in total. The number of nitrogens with two attached hydrogens (primary N) is 1. The highest BCUT2D eigenvalue weighted by Crippen LogP contribution is 2.38. The molecule has 0 atom stereocenters. The molecule has 134 valence electrons. The Labute approximate surface area is 147 Å². The molecular weight excluding hydrogens is 340 g/mol. The molecule has 2 aromatic rings. The third kappa shape index (κ3) is 2.88. The quantitative estimate of drug-likeness (QED) is 0.895. The minimum absolute atomic E-state index is 0.211. The van der Waals surface area contributed by atoms with Crippen molar-refractivity contribution < 1.29 is 12.9 Å². The molecule has 1 aromatic carbocycles. The van der Waals surface area contributed by atoms with Crippen molar-refractivity contribution in [2.75, 3.05) is 13.1 Å². The number of aromatic nitrogens is 2. The summed E-state index contributed by atoms with van der Waals surface area (Å²) >= 11 is 0. The van der Waals surface area contributed by atoms with Gasteiger partial charge in [0.05, 0.1) is 16.0 Å². The van der Waals surface area contributed by atoms with Crippen LogP contribution in [0.1, 0.15) is 44.3 Å². The zero-order valence-electron chi connectivity index (χ0n) is 14.0. The molecule has 0 unspecified atom stereocenters. The van der Waals surface area contributed by atoms with Crippen molar-refractivity contribution in [3.05, 3.63) is 30.1 Å². The first-order valence-corrected chi connectivity index (χ1v) is 10.2. The first-order valence-electron chi connectivity index (χ1n) is 8.73. The molecule has 1 saturated heterocycles. The minimum Gasteiger partial charge on any atom is -0.334 e. The van der Waals surface area contributed by atoms with Gasteiger partial charge >= 0.3 is 0 Å². The molecule has 25 heavy (non-hydrogen) atoms. The van der Waals surface area contributed by atoms with Crippen LogP contribution in [0.5, 0.6) is 0 Å². The molecule has 0 bridgehead atoms. The standard InChI is InChI=1S/C17H22N4O3S/c18-17(9-6-10-17)16-19-15(24-20-16)13-7-2-3-8-14(13)25(22,23)21-11-4-1-5-12-21/h2-3,7-8H,1,4-6,9-12,18H2. The van der Waals surface area contributed by atoms with Crippen LogP contribution in [0.25, 0.3) is 11.5 Å². The van der Waals surface area contributed by atoms with Crippen molar-refractivity contribution in [3.63, 3.8) is 0 Å². The Kier molecular flexibility index (Phi) is 4.13. The third-order valence-electron chi connectivity index (χ3n) is 5.17. The molecule has 1 saturated carbocycles. The van der Waals surface area contributed by atoms with Gasteiger partial charge in [-0.2, -0.15) is 9.29 Å². The minimum atomic E-state index is -3.58. The highest BCUT2D eigenvalue weighted by atomic mass is 32.2. The SMILES string of the molecule is NC1(c2noc(-c3ccccc3S(=O)(=O)N3CCCCC3)n2)CCC1. The topological polar surface area (TPSA) is 102 Å². The van der Waals surface area contributed by atoms with Gasteiger partial charge in [-0.05, 0) is 44.2 Å². The van der Waals surface area contributed by atoms with Crippen LogP contribution in [-0.4, -0.2) is 36.0 Å². The highest BCUT2D eigenvalue weighted by molar-refractivity contribution is 7.89. The first-order chi connectivity index (χ1) is 12.0. The number of nitrogens with zero attached hydrogens (tertiary/aromatic N) is 3. The van der Waals surface area contributed by atoms with Crippen LogP contribution in [0.3, 0.4) is 0 Å². The van der Waals surface area contributed by atoms with Crippen molar-refractivity contribution in [1.29, 1.82) is 0 Å². The fourth-order valence-corrected chi connectivity index (χ4v) is 5.13. The van der Waals surface area contributed by atoms with Crippen LogP contribution in [0.15, 0.2) is 33.7 Å². The molecule has 0 amide bonds. The Morgan fingerprint density at radius 2 is 1.80 bits per heavy atom. The molecule has 2 aliphatic rings. The maximum atomic E-state index is 13.1. The summed E-state index contributed by atoms with van der Waals surface area (Å²) in [6.07, 6.45) is 5.53. The molecule has 2 N–H and O–H groups in total. The van der Waals surface area contributed by atoms with E-state index in [1.165, 1.54) is 0 Å². The maximum Gasteiger partial charge on any atom is 0.259 e. The number of hydrogen-bond acceptors (Lipinski definition) is 6. The van der Waals surface area contributed by atoms with E-state index in [1.54, 1.807) is 28.6 Å². The summed E-state index contributed by atoms with van der Waals surface area (Å²) in [7, 11) is -3.58. The Hall–Kier alpha value is -1.77. The molecule has 4 rings (SSSR count). The second-order valence-electron chi connectivity index (χ2n) is 6.89. The molecule has 1 aliphatic heterocycles. The van der Waals surface area contributed by atoms with Gasteiger partial charge in [-0.1, -0.05) is 23.7 Å². The number of hydrogen-bond donors (Lipinski definition) is 1. The summed E-state index contributed by atoms with van der Waals surface area (Å²) in [5, 5.41) is 4.00. The molecule has 1 aromatic heterocycles. The molecule has 0 radical (unpaired) electrons. The van der Waals surface area contributed by atoms with Gasteiger partial charge in [0, 0.05) is 13.1 Å². The normalized spacial score (nSPS) is 21.0. The maximum absolute atomic E-state index is 13.1. The van der Waals surface area contributed by atoms with E-state index in [-0.39, 0.29) is 10.8 Å². The lowest BCUT2D eigenvalue weighted by atomic mass is 9.77. The molecule has 8 heteroatoms. The van der Waals surface area contributed by atoms with E-state index in [9.17, 15) is 8.42 Å². The van der Waals surface area contributed by atoms with E-state index in [0.717, 1.165) is 38.5 Å². The van der Waals surface area contributed by atoms with Crippen molar-refractivity contribution in [3.8, 4) is 11.5 Å². The highest BCUT2D eigenvalue weighted by Gasteiger charge is 2.39. The molecule has 1 aliphatic carbocycles. The number of benzene rings is 1. The smallest absolute Gasteiger partial charge is 0.259 e. The fraction of sp³-hybridized carbons (Fsp3) is 0.529. The lowest BCUT2D eigenvalue weighted by Crippen LogP contribution is -2.44. The van der Waals surface area contributed by atoms with Gasteiger partial charge in [-0.25, -0.2) is 8.42 Å². The summed E-state index contributed by atoms with van der Waals surface area (Å²) in [5.41, 5.74) is 6.15. The van der Waals surface area contributed by atoms with Crippen LogP contribution in [0.2, 0.25) is 0 Å². The zero-order valence-corrected chi connectivity index (χ0v) is 14.8. The lowest BCUT2D eigenvalue weighted by molar-refractivity contribution is 0.229. The van der Waals surface area contributed by atoms with E-state index in [0.29, 0.717) is 24.5 Å². The first kappa shape index (κ1) is 16.7. The van der Waals surface area contributed by atoms with Gasteiger partial charge in [-0.3, -0.25) is 0 Å². The summed E-state index contributed by atoms with van der Waals surface area (Å²) < 4.78 is 33.0. The van der Waals surface area contributed by atoms with Crippen molar-refractivity contribution in [2.24, 2.45) is 5.73 Å². The number of sulfonamides is 1. The molecular formula is C17H22N4O3S. The van der Waals surface area contributed by atoms with Gasteiger partial charge in [0.1, 0.15) is 0 Å². The van der Waals surface area contributed by atoms with Gasteiger partial charge in [0.25, 0.3) is 5.89 Å². The van der Waals surface area contributed by atoms with Gasteiger partial charge < -0.3 is 10.3 Å².